The zero-order valence-corrected chi connectivity index (χ0v) is 13.1. The average molecular weight is 326 g/mol. The van der Waals surface area contributed by atoms with Crippen LogP contribution in [0.3, 0.4) is 0 Å². The summed E-state index contributed by atoms with van der Waals surface area (Å²) in [6.07, 6.45) is 0. The molecule has 0 saturated heterocycles. The Balaban J connectivity index is 3.83. The number of thiol groups is 2. The summed E-state index contributed by atoms with van der Waals surface area (Å²) in [5, 5.41) is 0.106. The zero-order chi connectivity index (χ0) is 14.1. The fourth-order valence-electron chi connectivity index (χ4n) is 1.70. The predicted octanol–water partition coefficient (Wildman–Crippen LogP) is 0.0178. The molecule has 0 heterocycles. The molecular formula is C8H16N4O2P2S2. The summed E-state index contributed by atoms with van der Waals surface area (Å²) in [6, 6.07) is 3.30. The molecule has 0 atom stereocenters. The summed E-state index contributed by atoms with van der Waals surface area (Å²) >= 11 is 8.19. The summed E-state index contributed by atoms with van der Waals surface area (Å²) < 4.78 is 24.0. The Morgan fingerprint density at radius 3 is 1.28 bits per heavy atom. The first-order valence-corrected chi connectivity index (χ1v) is 9.80. The van der Waals surface area contributed by atoms with E-state index in [9.17, 15) is 9.13 Å². The third kappa shape index (κ3) is 3.40. The lowest BCUT2D eigenvalue weighted by atomic mass is 10.2. The van der Waals surface area contributed by atoms with E-state index in [1.807, 2.05) is 0 Å². The van der Waals surface area contributed by atoms with Gasteiger partial charge in [0.2, 0.25) is 14.9 Å². The van der Waals surface area contributed by atoms with E-state index in [1.165, 1.54) is 0 Å². The van der Waals surface area contributed by atoms with Crippen molar-refractivity contribution in [3.63, 3.8) is 0 Å². The van der Waals surface area contributed by atoms with Crippen LogP contribution in [0.1, 0.15) is 11.1 Å². The van der Waals surface area contributed by atoms with Crippen LogP contribution in [0.15, 0.2) is 12.1 Å². The van der Waals surface area contributed by atoms with E-state index in [0.29, 0.717) is 11.1 Å². The highest BCUT2D eigenvalue weighted by molar-refractivity contribution is 7.80. The molecule has 0 aliphatic heterocycles. The van der Waals surface area contributed by atoms with Crippen molar-refractivity contribution in [2.45, 2.75) is 11.5 Å². The van der Waals surface area contributed by atoms with E-state index in [2.05, 4.69) is 25.3 Å². The summed E-state index contributed by atoms with van der Waals surface area (Å²) in [5.41, 5.74) is 23.0. The lowest BCUT2D eigenvalue weighted by Crippen LogP contribution is -2.39. The molecule has 8 N–H and O–H groups in total. The van der Waals surface area contributed by atoms with Crippen molar-refractivity contribution in [1.82, 2.24) is 0 Å². The van der Waals surface area contributed by atoms with Gasteiger partial charge in [-0.25, -0.2) is 0 Å². The standard InChI is InChI=1S/C8H16N4O2P2S2/c9-15(10,13)7-5(3-17)1-2-6(4-18)8(7)16(11,12)14/h1-2,17-18H,3-4H2,(H4,9,10,13)(H4,11,12,14). The van der Waals surface area contributed by atoms with Crippen LogP contribution in [-0.4, -0.2) is 0 Å². The van der Waals surface area contributed by atoms with Crippen molar-refractivity contribution in [2.24, 2.45) is 22.0 Å². The van der Waals surface area contributed by atoms with Crippen molar-refractivity contribution >= 4 is 50.8 Å². The molecule has 0 aromatic heterocycles. The van der Waals surface area contributed by atoms with Crippen LogP contribution in [0, 0.1) is 0 Å². The minimum absolute atomic E-state index is 0.0531. The van der Waals surface area contributed by atoms with E-state index in [-0.39, 0.29) is 22.1 Å². The van der Waals surface area contributed by atoms with E-state index in [0.717, 1.165) is 0 Å². The maximum Gasteiger partial charge on any atom is 0.236 e. The van der Waals surface area contributed by atoms with E-state index in [4.69, 9.17) is 22.0 Å². The first kappa shape index (κ1) is 16.3. The minimum Gasteiger partial charge on any atom is -0.284 e. The Bertz CT molecular complexity index is 505. The maximum absolute atomic E-state index is 12.0. The van der Waals surface area contributed by atoms with Gasteiger partial charge < -0.3 is 0 Å². The Morgan fingerprint density at radius 2 is 1.11 bits per heavy atom. The lowest BCUT2D eigenvalue weighted by molar-refractivity contribution is 0.580. The Labute approximate surface area is 117 Å². The first-order chi connectivity index (χ1) is 8.12. The fourth-order valence-corrected chi connectivity index (χ4v) is 5.57. The molecule has 0 radical (unpaired) electrons. The quantitative estimate of drug-likeness (QED) is 0.341. The number of hydrogen-bond donors (Lipinski definition) is 6. The molecule has 0 saturated carbocycles. The van der Waals surface area contributed by atoms with Gasteiger partial charge in [0.1, 0.15) is 0 Å². The van der Waals surface area contributed by atoms with Crippen LogP contribution in [0.5, 0.6) is 0 Å². The van der Waals surface area contributed by atoms with Crippen LogP contribution in [0.2, 0.25) is 0 Å². The lowest BCUT2D eigenvalue weighted by Gasteiger charge is -2.21. The van der Waals surface area contributed by atoms with Crippen LogP contribution in [0.25, 0.3) is 0 Å². The van der Waals surface area contributed by atoms with Gasteiger partial charge in [0.15, 0.2) is 0 Å². The van der Waals surface area contributed by atoms with Crippen LogP contribution < -0.4 is 32.6 Å². The normalized spacial score (nSPS) is 12.8. The molecule has 0 unspecified atom stereocenters. The fraction of sp³-hybridized carbons (Fsp3) is 0.250. The highest BCUT2D eigenvalue weighted by atomic mass is 32.1. The van der Waals surface area contributed by atoms with Crippen molar-refractivity contribution in [1.29, 1.82) is 0 Å². The molecular weight excluding hydrogens is 310 g/mol. The molecule has 10 heteroatoms. The highest BCUT2D eigenvalue weighted by Gasteiger charge is 2.30. The molecule has 0 bridgehead atoms. The van der Waals surface area contributed by atoms with Crippen molar-refractivity contribution in [3.05, 3.63) is 23.3 Å². The molecule has 0 fully saturated rings. The number of nitrogens with two attached hydrogens (primary N) is 4. The second kappa shape index (κ2) is 5.69. The molecule has 0 aliphatic carbocycles. The highest BCUT2D eigenvalue weighted by Crippen LogP contribution is 2.35. The molecule has 0 aliphatic rings. The topological polar surface area (TPSA) is 138 Å². The second-order valence-electron chi connectivity index (χ2n) is 3.82. The Hall–Kier alpha value is 0.220. The molecule has 18 heavy (non-hydrogen) atoms. The molecule has 1 aromatic carbocycles. The van der Waals surface area contributed by atoms with E-state index in [1.54, 1.807) is 12.1 Å². The largest absolute Gasteiger partial charge is 0.284 e. The van der Waals surface area contributed by atoms with Crippen molar-refractivity contribution in [2.75, 3.05) is 0 Å². The first-order valence-electron chi connectivity index (χ1n) is 4.85. The van der Waals surface area contributed by atoms with Gasteiger partial charge in [0, 0.05) is 11.5 Å². The van der Waals surface area contributed by atoms with Gasteiger partial charge >= 0.3 is 0 Å². The number of benzene rings is 1. The molecule has 6 nitrogen and oxygen atoms in total. The average Bonchev–Trinajstić information content (AvgIpc) is 2.24. The summed E-state index contributed by atoms with van der Waals surface area (Å²) in [7, 11) is -7.32. The maximum atomic E-state index is 12.0. The van der Waals surface area contributed by atoms with Gasteiger partial charge in [-0.1, -0.05) is 12.1 Å². The smallest absolute Gasteiger partial charge is 0.236 e. The Morgan fingerprint density at radius 1 is 0.833 bits per heavy atom. The second-order valence-corrected chi connectivity index (χ2v) is 8.18. The summed E-state index contributed by atoms with van der Waals surface area (Å²) in [6.45, 7) is 0. The van der Waals surface area contributed by atoms with Crippen LogP contribution in [-0.2, 0) is 20.6 Å². The SMILES string of the molecule is NP(N)(=O)c1c(CS)ccc(CS)c1P(N)(N)=O. The molecule has 0 amide bonds. The molecule has 1 rings (SSSR count). The van der Waals surface area contributed by atoms with Crippen molar-refractivity contribution < 1.29 is 9.13 Å². The third-order valence-corrected chi connectivity index (χ3v) is 5.64. The number of rotatable bonds is 4. The predicted molar refractivity (Wildman–Crippen MR) is 83.1 cm³/mol. The monoisotopic (exact) mass is 326 g/mol. The van der Waals surface area contributed by atoms with Crippen molar-refractivity contribution in [3.8, 4) is 0 Å². The zero-order valence-electron chi connectivity index (χ0n) is 9.48. The molecule has 1 aromatic rings. The minimum atomic E-state index is -3.66. The van der Waals surface area contributed by atoms with Gasteiger partial charge in [-0.15, -0.1) is 0 Å². The van der Waals surface area contributed by atoms with Gasteiger partial charge in [0.25, 0.3) is 0 Å². The van der Waals surface area contributed by atoms with Gasteiger partial charge in [-0.2, -0.15) is 25.3 Å². The third-order valence-electron chi connectivity index (χ3n) is 2.36. The van der Waals surface area contributed by atoms with Gasteiger partial charge in [0.05, 0.1) is 10.6 Å². The van der Waals surface area contributed by atoms with E-state index >= 15 is 0 Å². The summed E-state index contributed by atoms with van der Waals surface area (Å²) in [4.78, 5) is 0. The number of hydrogen-bond acceptors (Lipinski definition) is 4. The molecule has 102 valence electrons. The van der Waals surface area contributed by atoms with Gasteiger partial charge in [-0.05, 0) is 11.1 Å². The van der Waals surface area contributed by atoms with Crippen LogP contribution >= 0.6 is 40.1 Å². The van der Waals surface area contributed by atoms with Gasteiger partial charge in [-0.3, -0.25) is 31.1 Å². The van der Waals surface area contributed by atoms with E-state index < -0.39 is 14.9 Å². The summed E-state index contributed by atoms with van der Waals surface area (Å²) in [5.74, 6) is 0.459. The van der Waals surface area contributed by atoms with Crippen LogP contribution in [0.4, 0.5) is 0 Å². The molecule has 0 spiro atoms. The Kier molecular flexibility index (Phi) is 5.14.